The molecule has 682 valence electrons. The van der Waals surface area contributed by atoms with Crippen LogP contribution in [0.5, 0.6) is 0 Å². The van der Waals surface area contributed by atoms with E-state index in [1.165, 1.54) is 48.5 Å². The Morgan fingerprint density at radius 2 is 0.871 bits per heavy atom. The molecule has 5 N–H and O–H groups in total. The highest BCUT2D eigenvalue weighted by Gasteiger charge is 2.34. The molecule has 27 heteroatoms. The molecule has 0 unspecified atom stereocenters. The van der Waals surface area contributed by atoms with Crippen molar-refractivity contribution in [2.45, 2.75) is 181 Å². The normalized spacial score (nSPS) is 16.7. The number of aryl methyl sites for hydroxylation is 2. The van der Waals surface area contributed by atoms with Gasteiger partial charge in [0.2, 0.25) is 0 Å². The molecule has 0 radical (unpaired) electrons. The molecule has 0 spiro atoms. The van der Waals surface area contributed by atoms with E-state index in [2.05, 4.69) is 67.6 Å². The number of nitrogens with zero attached hydrogens (tertiary/aromatic N) is 10. The zero-order valence-electron chi connectivity index (χ0n) is 74.2. The zero-order chi connectivity index (χ0) is 92.0. The number of hydrogen-bond donors (Lipinski definition) is 5. The van der Waals surface area contributed by atoms with Crippen LogP contribution in [0.3, 0.4) is 0 Å². The van der Waals surface area contributed by atoms with Crippen molar-refractivity contribution in [2.75, 3.05) is 26.2 Å². The van der Waals surface area contributed by atoms with Crippen LogP contribution in [0.15, 0.2) is 200 Å². The molecule has 1 saturated heterocycles. The highest BCUT2D eigenvalue weighted by Crippen LogP contribution is 2.45. The molecule has 15 aromatic rings. The standard InChI is InChI=1S/C27H29F2NO3.C26H25FN4O3.C26H26FN3O2.C26H24FN3O2.ClH/c1-16-3-4-18(23(29)13-16)9-12-25(31)19-5-7-20(8-6-19)27-17(2)30(15-26(32)33)24-11-10-21(28)14-22(24)27;1-15-24(20-13-18(27)7-11-22(20)31(15)14-23(32)33)16-4-8-19(9-5-16)29-26(34)21-10-6-17-3-2-12-28-25(17)30-21;2*1-17-26(22-14-20(27)7-9-24(22)30(17)16-25(31)32)19-10-12-29(13-11-19)15-21-8-6-18-4-2-3-5-23(18)28-21;/h3-4,10-11,13-14,19-20H,5-9,12,15H2,1-2H3,(H,32,33);2-3,6-7,10-13,16,19H,4-5,8-9,14H2,1H3,(H,29,34)(H,32,33);2-9,14,19H,10-13,15-16H2,1H3,(H,31,32);2-10,14H,11-13,15-16H2,1H3,(H,31,32);1H. The molecule has 0 atom stereocenters. The minimum Gasteiger partial charge on any atom is -0.480 e. The number of carbonyl (C=O) groups is 6. The average Bonchev–Trinajstić information content (AvgIpc) is 1.62. The third-order valence-corrected chi connectivity index (χ3v) is 26.8. The van der Waals surface area contributed by atoms with Crippen molar-refractivity contribution in [3.63, 3.8) is 0 Å². The number of carboxylic acids is 4. The van der Waals surface area contributed by atoms with Gasteiger partial charge in [0.05, 0.1) is 22.4 Å². The summed E-state index contributed by atoms with van der Waals surface area (Å²) in [4.78, 5) is 94.1. The number of hydrogen-bond acceptors (Lipinski definition) is 12. The van der Waals surface area contributed by atoms with Gasteiger partial charge in [0.25, 0.3) is 5.91 Å². The lowest BCUT2D eigenvalue weighted by Crippen LogP contribution is -2.37. The van der Waals surface area contributed by atoms with Crippen LogP contribution >= 0.6 is 12.4 Å². The lowest BCUT2D eigenvalue weighted by atomic mass is 9.75. The summed E-state index contributed by atoms with van der Waals surface area (Å²) in [6.07, 6.45) is 13.6. The summed E-state index contributed by atoms with van der Waals surface area (Å²) in [5, 5.41) is 46.8. The smallest absolute Gasteiger partial charge is 0.323 e. The number of piperidine rings is 1. The van der Waals surface area contributed by atoms with E-state index in [0.29, 0.717) is 29.7 Å². The number of para-hydroxylation sites is 2. The van der Waals surface area contributed by atoms with Gasteiger partial charge in [-0.25, -0.2) is 31.9 Å². The van der Waals surface area contributed by atoms with Gasteiger partial charge in [-0.15, -0.1) is 12.4 Å². The number of rotatable bonds is 22. The number of Topliss-reactive ketones (excluding diaryl/α,β-unsaturated/α-hetero) is 1. The van der Waals surface area contributed by atoms with Crippen molar-refractivity contribution in [3.05, 3.63) is 303 Å². The third kappa shape index (κ3) is 21.0. The second kappa shape index (κ2) is 41.0. The third-order valence-electron chi connectivity index (χ3n) is 26.8. The Morgan fingerprint density at radius 1 is 0.432 bits per heavy atom. The Hall–Kier alpha value is -13.3. The first kappa shape index (κ1) is 93.4. The molecular weight excluding hydrogens is 1710 g/mol. The molecule has 2 aliphatic carbocycles. The fourth-order valence-corrected chi connectivity index (χ4v) is 20.4. The fraction of sp³-hybridized carbons (Fsp3) is 0.314. The summed E-state index contributed by atoms with van der Waals surface area (Å²) >= 11 is 0. The summed E-state index contributed by atoms with van der Waals surface area (Å²) in [6, 6.07) is 55.3. The predicted molar refractivity (Wildman–Crippen MR) is 504 cm³/mol. The summed E-state index contributed by atoms with van der Waals surface area (Å²) in [5.41, 5.74) is 18.2. The number of nitrogens with one attached hydrogen (secondary N) is 1. The second-order valence-corrected chi connectivity index (χ2v) is 35.2. The van der Waals surface area contributed by atoms with Crippen LogP contribution in [0.1, 0.15) is 173 Å². The number of aromatic nitrogens is 8. The monoisotopic (exact) mass is 1810 g/mol. The Bertz CT molecular complexity index is 6940. The molecule has 10 heterocycles. The average molecular weight is 1810 g/mol. The molecule has 19 rings (SSSR count). The lowest BCUT2D eigenvalue weighted by molar-refractivity contribution is -0.138. The van der Waals surface area contributed by atoms with Crippen LogP contribution in [0.2, 0.25) is 0 Å². The number of fused-ring (bicyclic) bond motifs is 7. The van der Waals surface area contributed by atoms with Gasteiger partial charge in [0.15, 0.2) is 5.65 Å². The van der Waals surface area contributed by atoms with E-state index < -0.39 is 23.9 Å². The summed E-state index contributed by atoms with van der Waals surface area (Å²) in [5.74, 6) is -4.67. The molecule has 2 saturated carbocycles. The summed E-state index contributed by atoms with van der Waals surface area (Å²) in [6.45, 7) is 14.0. The number of aliphatic carboxylic acids is 4. The van der Waals surface area contributed by atoms with Crippen LogP contribution in [0, 0.1) is 69.6 Å². The van der Waals surface area contributed by atoms with Crippen LogP contribution in [0.25, 0.3) is 82.0 Å². The molecule has 4 aliphatic rings. The van der Waals surface area contributed by atoms with Crippen molar-refractivity contribution in [3.8, 4) is 0 Å². The highest BCUT2D eigenvalue weighted by molar-refractivity contribution is 5.97. The van der Waals surface area contributed by atoms with Crippen molar-refractivity contribution in [2.24, 2.45) is 5.92 Å². The van der Waals surface area contributed by atoms with E-state index in [1.807, 2.05) is 95.3 Å². The number of pyridine rings is 4. The molecule has 0 bridgehead atoms. The van der Waals surface area contributed by atoms with E-state index >= 15 is 0 Å². The molecule has 1 amide bonds. The first-order valence-corrected chi connectivity index (χ1v) is 44.8. The quantitative estimate of drug-likeness (QED) is 0.0395. The molecule has 8 aromatic heterocycles. The second-order valence-electron chi connectivity index (χ2n) is 35.2. The van der Waals surface area contributed by atoms with E-state index in [-0.39, 0.29) is 109 Å². The van der Waals surface area contributed by atoms with Gasteiger partial charge >= 0.3 is 23.9 Å². The van der Waals surface area contributed by atoms with Gasteiger partial charge in [-0.05, 0) is 303 Å². The topological polar surface area (TPSA) is 273 Å². The fourth-order valence-electron chi connectivity index (χ4n) is 20.4. The number of benzene rings is 7. The highest BCUT2D eigenvalue weighted by atomic mass is 35.5. The Kier molecular flexibility index (Phi) is 29.0. The minimum atomic E-state index is -0.940. The van der Waals surface area contributed by atoms with Crippen molar-refractivity contribution >= 4 is 130 Å². The number of likely N-dealkylation sites (tertiary alicyclic amines) is 1. The summed E-state index contributed by atoms with van der Waals surface area (Å²) in [7, 11) is 0. The Balaban J connectivity index is 0.000000134. The maximum absolute atomic E-state index is 14.1. The maximum atomic E-state index is 14.1. The number of carboxylic acid groups (broad SMARTS) is 4. The lowest BCUT2D eigenvalue weighted by Gasteiger charge is -2.32. The van der Waals surface area contributed by atoms with Crippen LogP contribution < -0.4 is 5.32 Å². The van der Waals surface area contributed by atoms with E-state index in [9.17, 15) is 71.1 Å². The van der Waals surface area contributed by atoms with E-state index in [4.69, 9.17) is 9.97 Å². The van der Waals surface area contributed by atoms with E-state index in [0.717, 1.165) is 248 Å². The molecule has 132 heavy (non-hydrogen) atoms. The molecular formula is C105H105ClF5N11O10. The first-order valence-electron chi connectivity index (χ1n) is 44.8. The number of amides is 1. The molecule has 2 aliphatic heterocycles. The minimum absolute atomic E-state index is 0. The summed E-state index contributed by atoms with van der Waals surface area (Å²) < 4.78 is 77.3. The van der Waals surface area contributed by atoms with Gasteiger partial charge in [0.1, 0.15) is 66.7 Å². The van der Waals surface area contributed by atoms with Crippen LogP contribution in [-0.2, 0) is 69.7 Å². The van der Waals surface area contributed by atoms with Crippen molar-refractivity contribution < 1.29 is 71.1 Å². The van der Waals surface area contributed by atoms with Gasteiger partial charge in [-0.3, -0.25) is 48.5 Å². The number of carbonyl (C=O) groups excluding carboxylic acids is 2. The van der Waals surface area contributed by atoms with Gasteiger partial charge in [0, 0.05) is 139 Å². The number of halogens is 6. The largest absolute Gasteiger partial charge is 0.480 e. The van der Waals surface area contributed by atoms with Gasteiger partial charge in [-0.2, -0.15) is 0 Å². The number of ketones is 1. The Morgan fingerprint density at radius 3 is 1.35 bits per heavy atom. The van der Waals surface area contributed by atoms with Gasteiger partial charge in [-0.1, -0.05) is 66.7 Å². The first-order chi connectivity index (χ1) is 63.1. The van der Waals surface area contributed by atoms with Crippen molar-refractivity contribution in [1.82, 2.24) is 53.3 Å². The molecule has 3 fully saturated rings. The van der Waals surface area contributed by atoms with E-state index in [1.54, 1.807) is 66.9 Å². The maximum Gasteiger partial charge on any atom is 0.323 e. The Labute approximate surface area is 766 Å². The van der Waals surface area contributed by atoms with Gasteiger partial charge < -0.3 is 44.0 Å². The zero-order valence-corrected chi connectivity index (χ0v) is 75.0. The predicted octanol–water partition coefficient (Wildman–Crippen LogP) is 21.2. The van der Waals surface area contributed by atoms with Crippen molar-refractivity contribution in [1.29, 1.82) is 0 Å². The molecule has 7 aromatic carbocycles. The molecule has 21 nitrogen and oxygen atoms in total. The van der Waals surface area contributed by atoms with Crippen LogP contribution in [0.4, 0.5) is 22.0 Å². The van der Waals surface area contributed by atoms with Crippen LogP contribution in [-0.4, -0.2) is 136 Å². The SMILES string of the molecule is Cc1c(C2=CCN(Cc3ccc4ccccc4n3)CC2)c2cc(F)ccc2n1CC(=O)O.Cc1c(C2CCC(NC(=O)c3ccc4cccnc4n3)CC2)c2cc(F)ccc2n1CC(=O)O.Cc1c(C2CCN(Cc3ccc4ccccc4n3)CC2)c2cc(F)ccc2n1CC(=O)O.Cc1ccc(CCC(=O)C2CCC(c3c(C)n(CC(=O)O)c4ccc(F)cc34)CC2)c(F)c1.Cl.